The number of hydrogen-bond acceptors (Lipinski definition) is 4. The maximum absolute atomic E-state index is 10.6. The lowest BCUT2D eigenvalue weighted by molar-refractivity contribution is -0.0594. The van der Waals surface area contributed by atoms with Crippen LogP contribution < -0.4 is 0 Å². The number of halogens is 1. The van der Waals surface area contributed by atoms with E-state index in [1.165, 1.54) is 19.3 Å². The molecule has 1 aliphatic rings. The minimum absolute atomic E-state index is 0.0118. The average Bonchev–Trinajstić information content (AvgIpc) is 2.77. The quantitative estimate of drug-likeness (QED) is 0.367. The van der Waals surface area contributed by atoms with E-state index in [-0.39, 0.29) is 5.76 Å². The van der Waals surface area contributed by atoms with Gasteiger partial charge in [-0.15, -0.1) is 0 Å². The molecule has 1 fully saturated rings. The third kappa shape index (κ3) is 5.63. The standard InChI is InChI=1S/C29H35ClN2O2/c1-19-17-25-24(14-13-23(31-25)18-32-15-7-6-8-16-32)27(21-9-11-22(30)12-10-21)26(19)28(20(2)33)34-29(3,4)5/h9-14,17,28,33H,2,6-8,15-16,18H2,1,3-5H3/t28-/m1/s1. The lowest BCUT2D eigenvalue weighted by Gasteiger charge is -2.30. The van der Waals surface area contributed by atoms with Crippen molar-refractivity contribution in [1.29, 1.82) is 0 Å². The van der Waals surface area contributed by atoms with Crippen LogP contribution in [0.4, 0.5) is 0 Å². The SMILES string of the molecule is C=C(O)[C@@H](OC(C)(C)C)c1c(C)cc2nc(CN3CCCCC3)ccc2c1-c1ccc(Cl)cc1. The molecular weight excluding hydrogens is 444 g/mol. The van der Waals surface area contributed by atoms with E-state index in [0.29, 0.717) is 5.02 Å². The monoisotopic (exact) mass is 478 g/mol. The predicted molar refractivity (Wildman–Crippen MR) is 141 cm³/mol. The molecule has 1 aromatic heterocycles. The zero-order chi connectivity index (χ0) is 24.5. The molecule has 0 bridgehead atoms. The number of rotatable bonds is 6. The molecule has 2 heterocycles. The summed E-state index contributed by atoms with van der Waals surface area (Å²) >= 11 is 6.21. The fourth-order valence-corrected chi connectivity index (χ4v) is 4.94. The molecule has 180 valence electrons. The summed E-state index contributed by atoms with van der Waals surface area (Å²) in [5.74, 6) is -0.0118. The van der Waals surface area contributed by atoms with E-state index in [4.69, 9.17) is 21.3 Å². The molecule has 1 N–H and O–H groups in total. The number of aliphatic hydroxyl groups excluding tert-OH is 1. The van der Waals surface area contributed by atoms with Gasteiger partial charge in [0.25, 0.3) is 0 Å². The van der Waals surface area contributed by atoms with Crippen LogP contribution in [0.15, 0.2) is 54.8 Å². The van der Waals surface area contributed by atoms with Crippen LogP contribution >= 0.6 is 11.6 Å². The topological polar surface area (TPSA) is 45.6 Å². The first-order valence-corrected chi connectivity index (χ1v) is 12.5. The zero-order valence-electron chi connectivity index (χ0n) is 20.7. The van der Waals surface area contributed by atoms with Crippen molar-refractivity contribution in [2.24, 2.45) is 0 Å². The Morgan fingerprint density at radius 3 is 2.41 bits per heavy atom. The Kier molecular flexibility index (Phi) is 7.32. The van der Waals surface area contributed by atoms with Crippen molar-refractivity contribution in [3.8, 4) is 11.1 Å². The van der Waals surface area contributed by atoms with Crippen molar-refractivity contribution in [3.05, 3.63) is 76.6 Å². The highest BCUT2D eigenvalue weighted by Crippen LogP contribution is 2.42. The van der Waals surface area contributed by atoms with E-state index < -0.39 is 11.7 Å². The van der Waals surface area contributed by atoms with Crippen LogP contribution in [0, 0.1) is 6.92 Å². The third-order valence-corrected chi connectivity index (χ3v) is 6.55. The summed E-state index contributed by atoms with van der Waals surface area (Å²) in [7, 11) is 0. The van der Waals surface area contributed by atoms with Gasteiger partial charge in [-0.05, 0) is 100 Å². The molecule has 0 spiro atoms. The predicted octanol–water partition coefficient (Wildman–Crippen LogP) is 7.78. The van der Waals surface area contributed by atoms with Crippen molar-refractivity contribution in [2.75, 3.05) is 13.1 Å². The maximum Gasteiger partial charge on any atom is 0.140 e. The molecular formula is C29H35ClN2O2. The number of nitrogens with zero attached hydrogens (tertiary/aromatic N) is 2. The number of piperidine rings is 1. The van der Waals surface area contributed by atoms with Crippen molar-refractivity contribution in [2.45, 2.75) is 65.2 Å². The first-order valence-electron chi connectivity index (χ1n) is 12.1. The second-order valence-corrected chi connectivity index (χ2v) is 10.7. The first kappa shape index (κ1) is 24.7. The van der Waals surface area contributed by atoms with Crippen LogP contribution in [0.1, 0.15) is 63.0 Å². The minimum Gasteiger partial charge on any atom is -0.510 e. The van der Waals surface area contributed by atoms with Crippen LogP contribution in [0.2, 0.25) is 5.02 Å². The van der Waals surface area contributed by atoms with Gasteiger partial charge in [0.05, 0.1) is 16.8 Å². The highest BCUT2D eigenvalue weighted by molar-refractivity contribution is 6.30. The largest absolute Gasteiger partial charge is 0.510 e. The van der Waals surface area contributed by atoms with Gasteiger partial charge in [0.1, 0.15) is 11.9 Å². The summed E-state index contributed by atoms with van der Waals surface area (Å²) in [5, 5.41) is 12.3. The summed E-state index contributed by atoms with van der Waals surface area (Å²) < 4.78 is 6.32. The highest BCUT2D eigenvalue weighted by atomic mass is 35.5. The molecule has 0 amide bonds. The number of hydrogen-bond donors (Lipinski definition) is 1. The molecule has 0 radical (unpaired) electrons. The first-order chi connectivity index (χ1) is 16.1. The summed E-state index contributed by atoms with van der Waals surface area (Å²) in [6.07, 6.45) is 3.18. The molecule has 0 unspecified atom stereocenters. The second kappa shape index (κ2) is 10.1. The molecule has 5 heteroatoms. The fourth-order valence-electron chi connectivity index (χ4n) is 4.81. The van der Waals surface area contributed by atoms with Gasteiger partial charge >= 0.3 is 0 Å². The number of aryl methyl sites for hydroxylation is 1. The van der Waals surface area contributed by atoms with Gasteiger partial charge in [0.15, 0.2) is 0 Å². The van der Waals surface area contributed by atoms with Gasteiger partial charge in [-0.2, -0.15) is 0 Å². The van der Waals surface area contributed by atoms with Crippen molar-refractivity contribution >= 4 is 22.5 Å². The summed E-state index contributed by atoms with van der Waals surface area (Å²) in [5.41, 5.74) is 5.46. The Balaban J connectivity index is 1.89. The Morgan fingerprint density at radius 2 is 1.79 bits per heavy atom. The van der Waals surface area contributed by atoms with Crippen LogP contribution in [0.5, 0.6) is 0 Å². The normalized spacial score (nSPS) is 16.0. The Morgan fingerprint density at radius 1 is 1.12 bits per heavy atom. The van der Waals surface area contributed by atoms with Crippen LogP contribution in [0.25, 0.3) is 22.0 Å². The number of benzene rings is 2. The number of pyridine rings is 1. The smallest absolute Gasteiger partial charge is 0.140 e. The van der Waals surface area contributed by atoms with Crippen LogP contribution in [-0.4, -0.2) is 33.7 Å². The molecule has 4 nitrogen and oxygen atoms in total. The summed E-state index contributed by atoms with van der Waals surface area (Å²) in [6, 6.07) is 14.2. The van der Waals surface area contributed by atoms with E-state index in [1.54, 1.807) is 0 Å². The number of fused-ring (bicyclic) bond motifs is 1. The molecule has 0 aliphatic carbocycles. The molecule has 0 saturated carbocycles. The van der Waals surface area contributed by atoms with E-state index in [9.17, 15) is 5.11 Å². The van der Waals surface area contributed by atoms with Gasteiger partial charge in [0, 0.05) is 17.0 Å². The van der Waals surface area contributed by atoms with E-state index >= 15 is 0 Å². The minimum atomic E-state index is -0.664. The number of aromatic nitrogens is 1. The second-order valence-electron chi connectivity index (χ2n) is 10.3. The molecule has 3 aromatic rings. The Bertz CT molecular complexity index is 1180. The molecule has 2 aromatic carbocycles. The fraction of sp³-hybridized carbons (Fsp3) is 0.414. The molecule has 34 heavy (non-hydrogen) atoms. The molecule has 1 aliphatic heterocycles. The average molecular weight is 479 g/mol. The van der Waals surface area contributed by atoms with Crippen LogP contribution in [0.3, 0.4) is 0 Å². The van der Waals surface area contributed by atoms with Crippen molar-refractivity contribution in [3.63, 3.8) is 0 Å². The van der Waals surface area contributed by atoms with Crippen molar-refractivity contribution in [1.82, 2.24) is 9.88 Å². The van der Waals surface area contributed by atoms with Gasteiger partial charge in [0.2, 0.25) is 0 Å². The van der Waals surface area contributed by atoms with E-state index in [1.807, 2.05) is 45.0 Å². The Hall–Kier alpha value is -2.40. The van der Waals surface area contributed by atoms with Gasteiger partial charge < -0.3 is 9.84 Å². The number of ether oxygens (including phenoxy) is 1. The Labute approximate surface area is 208 Å². The molecule has 4 rings (SSSR count). The lowest BCUT2D eigenvalue weighted by Crippen LogP contribution is -2.29. The number of aliphatic hydroxyl groups is 1. The van der Waals surface area contributed by atoms with Crippen LogP contribution in [-0.2, 0) is 11.3 Å². The van der Waals surface area contributed by atoms with Crippen molar-refractivity contribution < 1.29 is 9.84 Å². The molecule has 1 saturated heterocycles. The van der Waals surface area contributed by atoms with Gasteiger partial charge in [-0.3, -0.25) is 9.88 Å². The third-order valence-electron chi connectivity index (χ3n) is 6.30. The highest BCUT2D eigenvalue weighted by Gasteiger charge is 2.28. The molecule has 1 atom stereocenters. The summed E-state index contributed by atoms with van der Waals surface area (Å²) in [4.78, 5) is 7.55. The zero-order valence-corrected chi connectivity index (χ0v) is 21.5. The lowest BCUT2D eigenvalue weighted by atomic mass is 9.88. The summed E-state index contributed by atoms with van der Waals surface area (Å²) in [6.45, 7) is 15.0. The maximum atomic E-state index is 10.6. The number of likely N-dealkylation sites (tertiary alicyclic amines) is 1. The van der Waals surface area contributed by atoms with Gasteiger partial charge in [-0.1, -0.05) is 42.8 Å². The van der Waals surface area contributed by atoms with E-state index in [2.05, 4.69) is 36.6 Å². The van der Waals surface area contributed by atoms with E-state index in [0.717, 1.165) is 58.5 Å². The van der Waals surface area contributed by atoms with Gasteiger partial charge in [-0.25, -0.2) is 0 Å².